The molecular weight excluding hydrogens is 414 g/mol. The Balaban J connectivity index is 1.69. The molecule has 0 saturated heterocycles. The van der Waals surface area contributed by atoms with Gasteiger partial charge in [-0.15, -0.1) is 0 Å². The monoisotopic (exact) mass is 435 g/mol. The van der Waals surface area contributed by atoms with E-state index in [-0.39, 0.29) is 0 Å². The molecular formula is C31H21N3. The topological polar surface area (TPSA) is 30.7 Å². The first-order chi connectivity index (χ1) is 16.9. The summed E-state index contributed by atoms with van der Waals surface area (Å²) in [5, 5.41) is 2.38. The van der Waals surface area contributed by atoms with Crippen molar-refractivity contribution >= 4 is 43.9 Å². The summed E-state index contributed by atoms with van der Waals surface area (Å²) in [7, 11) is 0. The van der Waals surface area contributed by atoms with E-state index in [1.165, 1.54) is 38.5 Å². The maximum Gasteiger partial charge on any atom is 0.0995 e. The van der Waals surface area contributed by atoms with Crippen LogP contribution >= 0.6 is 0 Å². The number of nitrogens with zero attached hydrogens (tertiary/aromatic N) is 3. The molecule has 0 bridgehead atoms. The molecule has 5 aromatic carbocycles. The van der Waals surface area contributed by atoms with Crippen LogP contribution in [0.4, 0.5) is 0 Å². The molecule has 2 heterocycles. The molecule has 0 aliphatic carbocycles. The summed E-state index contributed by atoms with van der Waals surface area (Å²) in [6.45, 7) is 0.789. The second-order valence-electron chi connectivity index (χ2n) is 8.68. The minimum absolute atomic E-state index is 0.789. The molecule has 0 atom stereocenters. The van der Waals surface area contributed by atoms with Crippen molar-refractivity contribution < 1.29 is 0 Å². The van der Waals surface area contributed by atoms with Crippen LogP contribution in [0.1, 0.15) is 5.56 Å². The lowest BCUT2D eigenvalue weighted by Crippen LogP contribution is -2.01. The van der Waals surface area contributed by atoms with Gasteiger partial charge in [0.05, 0.1) is 27.6 Å². The zero-order valence-electron chi connectivity index (χ0n) is 18.5. The first kappa shape index (κ1) is 19.0. The molecule has 0 unspecified atom stereocenters. The zero-order valence-corrected chi connectivity index (χ0v) is 18.5. The molecule has 0 fully saturated rings. The Morgan fingerprint density at radius 1 is 0.588 bits per heavy atom. The van der Waals surface area contributed by atoms with Crippen molar-refractivity contribution in [2.75, 3.05) is 0 Å². The summed E-state index contributed by atoms with van der Waals surface area (Å²) >= 11 is 0. The van der Waals surface area contributed by atoms with Gasteiger partial charge in [0.1, 0.15) is 0 Å². The Bertz CT molecular complexity index is 1820. The van der Waals surface area contributed by atoms with Gasteiger partial charge in [-0.1, -0.05) is 91.0 Å². The maximum absolute atomic E-state index is 5.14. The van der Waals surface area contributed by atoms with E-state index in [9.17, 15) is 0 Å². The van der Waals surface area contributed by atoms with E-state index in [0.717, 1.165) is 28.6 Å². The second-order valence-corrected chi connectivity index (χ2v) is 8.68. The van der Waals surface area contributed by atoms with Crippen LogP contribution in [0.25, 0.3) is 55.0 Å². The maximum atomic E-state index is 5.14. The third kappa shape index (κ3) is 2.91. The van der Waals surface area contributed by atoms with Crippen molar-refractivity contribution in [1.29, 1.82) is 0 Å². The highest BCUT2D eigenvalue weighted by atomic mass is 15.0. The van der Waals surface area contributed by atoms with Crippen LogP contribution in [-0.2, 0) is 6.54 Å². The molecule has 0 saturated carbocycles. The predicted molar refractivity (Wildman–Crippen MR) is 141 cm³/mol. The summed E-state index contributed by atoms with van der Waals surface area (Å²) in [4.78, 5) is 10.2. The molecule has 7 aromatic rings. The van der Waals surface area contributed by atoms with Crippen LogP contribution in [0.5, 0.6) is 0 Å². The molecule has 0 aliphatic rings. The Hall–Kier alpha value is -4.50. The van der Waals surface area contributed by atoms with E-state index in [4.69, 9.17) is 9.97 Å². The lowest BCUT2D eigenvalue weighted by atomic mass is 10.00. The molecule has 7 rings (SSSR count). The van der Waals surface area contributed by atoms with Gasteiger partial charge in [0.2, 0.25) is 0 Å². The molecule has 0 spiro atoms. The average molecular weight is 436 g/mol. The number of hydrogen-bond acceptors (Lipinski definition) is 2. The SMILES string of the molecule is c1ccc(Cn2c3ccccc3c3c4nc5ccccc5nc4cc(-c4ccccc4)c32)cc1. The van der Waals surface area contributed by atoms with Crippen LogP contribution in [0.15, 0.2) is 115 Å². The summed E-state index contributed by atoms with van der Waals surface area (Å²) in [5.74, 6) is 0. The third-order valence-electron chi connectivity index (χ3n) is 6.61. The van der Waals surface area contributed by atoms with Crippen molar-refractivity contribution in [3.8, 4) is 11.1 Å². The molecule has 0 aliphatic heterocycles. The molecule has 34 heavy (non-hydrogen) atoms. The predicted octanol–water partition coefficient (Wildman–Crippen LogP) is 7.61. The summed E-state index contributed by atoms with van der Waals surface area (Å²) in [6.07, 6.45) is 0. The van der Waals surface area contributed by atoms with Gasteiger partial charge >= 0.3 is 0 Å². The fourth-order valence-corrected chi connectivity index (χ4v) is 5.09. The fourth-order valence-electron chi connectivity index (χ4n) is 5.09. The first-order valence-corrected chi connectivity index (χ1v) is 11.6. The normalized spacial score (nSPS) is 11.6. The number of para-hydroxylation sites is 3. The summed E-state index contributed by atoms with van der Waals surface area (Å²) in [6, 6.07) is 40.3. The molecule has 3 nitrogen and oxygen atoms in total. The van der Waals surface area contributed by atoms with Crippen LogP contribution in [-0.4, -0.2) is 14.5 Å². The Kier molecular flexibility index (Phi) is 4.21. The second kappa shape index (κ2) is 7.53. The molecule has 160 valence electrons. The Labute approximate surface area is 196 Å². The number of fused-ring (bicyclic) bond motifs is 6. The molecule has 0 N–H and O–H groups in total. The Morgan fingerprint density at radius 3 is 2.03 bits per heavy atom. The first-order valence-electron chi connectivity index (χ1n) is 11.6. The van der Waals surface area contributed by atoms with E-state index in [1.807, 2.05) is 24.3 Å². The highest BCUT2D eigenvalue weighted by Crippen LogP contribution is 2.40. The van der Waals surface area contributed by atoms with E-state index in [1.54, 1.807) is 0 Å². The molecule has 0 radical (unpaired) electrons. The molecule has 0 amide bonds. The number of rotatable bonds is 3. The van der Waals surface area contributed by atoms with Gasteiger partial charge in [-0.3, -0.25) is 0 Å². The van der Waals surface area contributed by atoms with E-state index in [2.05, 4.69) is 95.6 Å². The number of hydrogen-bond donors (Lipinski definition) is 0. The van der Waals surface area contributed by atoms with Crippen molar-refractivity contribution in [2.45, 2.75) is 6.54 Å². The Morgan fingerprint density at radius 2 is 1.24 bits per heavy atom. The standard InChI is InChI=1S/C31H21N3/c1-3-11-21(12-4-1)20-34-28-18-10-7-15-23(28)29-30-27(32-25-16-8-9-17-26(25)33-30)19-24(31(29)34)22-13-5-2-6-14-22/h1-19H,20H2. The van der Waals surface area contributed by atoms with Crippen LogP contribution in [0, 0.1) is 0 Å². The van der Waals surface area contributed by atoms with Gasteiger partial charge in [0, 0.05) is 28.4 Å². The highest BCUT2D eigenvalue weighted by molar-refractivity contribution is 6.23. The lowest BCUT2D eigenvalue weighted by molar-refractivity contribution is 0.870. The fraction of sp³-hybridized carbons (Fsp3) is 0.0323. The van der Waals surface area contributed by atoms with Crippen molar-refractivity contribution in [1.82, 2.24) is 14.5 Å². The third-order valence-corrected chi connectivity index (χ3v) is 6.61. The average Bonchev–Trinajstić information content (AvgIpc) is 3.23. The van der Waals surface area contributed by atoms with Crippen molar-refractivity contribution in [2.24, 2.45) is 0 Å². The minimum atomic E-state index is 0.789. The zero-order chi connectivity index (χ0) is 22.5. The van der Waals surface area contributed by atoms with Gasteiger partial charge in [-0.25, -0.2) is 9.97 Å². The van der Waals surface area contributed by atoms with Gasteiger partial charge < -0.3 is 4.57 Å². The van der Waals surface area contributed by atoms with Crippen molar-refractivity contribution in [3.05, 3.63) is 121 Å². The van der Waals surface area contributed by atoms with E-state index >= 15 is 0 Å². The van der Waals surface area contributed by atoms with Crippen molar-refractivity contribution in [3.63, 3.8) is 0 Å². The van der Waals surface area contributed by atoms with E-state index in [0.29, 0.717) is 0 Å². The van der Waals surface area contributed by atoms with Gasteiger partial charge in [-0.05, 0) is 35.4 Å². The minimum Gasteiger partial charge on any atom is -0.335 e. The van der Waals surface area contributed by atoms with Gasteiger partial charge in [-0.2, -0.15) is 0 Å². The van der Waals surface area contributed by atoms with Crippen LogP contribution in [0.3, 0.4) is 0 Å². The summed E-state index contributed by atoms with van der Waals surface area (Å²) < 4.78 is 2.44. The largest absolute Gasteiger partial charge is 0.335 e. The molecule has 3 heteroatoms. The number of aromatic nitrogens is 3. The lowest BCUT2D eigenvalue weighted by Gasteiger charge is -2.13. The van der Waals surface area contributed by atoms with E-state index < -0.39 is 0 Å². The van der Waals surface area contributed by atoms with Crippen LogP contribution in [0.2, 0.25) is 0 Å². The summed E-state index contributed by atoms with van der Waals surface area (Å²) in [5.41, 5.74) is 9.76. The van der Waals surface area contributed by atoms with Gasteiger partial charge in [0.25, 0.3) is 0 Å². The molecule has 2 aromatic heterocycles. The number of benzene rings is 5. The highest BCUT2D eigenvalue weighted by Gasteiger charge is 2.20. The quantitative estimate of drug-likeness (QED) is 0.267. The van der Waals surface area contributed by atoms with Gasteiger partial charge in [0.15, 0.2) is 0 Å². The van der Waals surface area contributed by atoms with Crippen LogP contribution < -0.4 is 0 Å². The smallest absolute Gasteiger partial charge is 0.0995 e.